The number of rotatable bonds is 7. The van der Waals surface area contributed by atoms with Crippen LogP contribution in [0.3, 0.4) is 0 Å². The number of nitrogen functional groups attached to an aromatic ring is 1. The summed E-state index contributed by atoms with van der Waals surface area (Å²) in [6.45, 7) is 2.83. The van der Waals surface area contributed by atoms with Crippen LogP contribution in [-0.2, 0) is 10.0 Å². The highest BCUT2D eigenvalue weighted by atomic mass is 32.2. The second kappa shape index (κ2) is 6.74. The molecule has 0 aromatic heterocycles. The fourth-order valence-corrected chi connectivity index (χ4v) is 2.36. The van der Waals surface area contributed by atoms with E-state index < -0.39 is 10.0 Å². The summed E-state index contributed by atoms with van der Waals surface area (Å²) >= 11 is 0. The zero-order valence-corrected chi connectivity index (χ0v) is 12.0. The predicted octanol–water partition coefficient (Wildman–Crippen LogP) is 0.607. The first-order valence-corrected chi connectivity index (χ1v) is 7.57. The van der Waals surface area contributed by atoms with Gasteiger partial charge in [0.05, 0.1) is 16.3 Å². The lowest BCUT2D eigenvalue weighted by Gasteiger charge is -2.14. The van der Waals surface area contributed by atoms with Crippen molar-refractivity contribution in [1.82, 2.24) is 4.72 Å². The van der Waals surface area contributed by atoms with Crippen molar-refractivity contribution < 1.29 is 13.5 Å². The van der Waals surface area contributed by atoms with E-state index in [1.165, 1.54) is 19.2 Å². The minimum absolute atomic E-state index is 0.140. The van der Waals surface area contributed by atoms with Crippen molar-refractivity contribution in [3.05, 3.63) is 18.2 Å². The smallest absolute Gasteiger partial charge is 0.240 e. The molecule has 0 aliphatic heterocycles. The number of anilines is 2. The van der Waals surface area contributed by atoms with Crippen LogP contribution < -0.4 is 15.8 Å². The summed E-state index contributed by atoms with van der Waals surface area (Å²) in [7, 11) is -2.11. The zero-order valence-electron chi connectivity index (χ0n) is 11.2. The Morgan fingerprint density at radius 1 is 1.42 bits per heavy atom. The summed E-state index contributed by atoms with van der Waals surface area (Å²) in [5, 5.41) is 12.0. The second-order valence-electron chi connectivity index (χ2n) is 4.45. The second-order valence-corrected chi connectivity index (χ2v) is 6.34. The normalized spacial score (nSPS) is 13.2. The van der Waals surface area contributed by atoms with Gasteiger partial charge in [-0.3, -0.25) is 0 Å². The maximum Gasteiger partial charge on any atom is 0.240 e. The van der Waals surface area contributed by atoms with E-state index >= 15 is 0 Å². The molecule has 7 heteroatoms. The van der Waals surface area contributed by atoms with Gasteiger partial charge in [0.15, 0.2) is 0 Å². The largest absolute Gasteiger partial charge is 0.397 e. The van der Waals surface area contributed by atoms with Crippen LogP contribution in [0.4, 0.5) is 11.4 Å². The number of hydrogen-bond acceptors (Lipinski definition) is 5. The molecular formula is C12H21N3O3S. The lowest BCUT2D eigenvalue weighted by atomic mass is 10.1. The molecule has 0 amide bonds. The molecule has 1 unspecified atom stereocenters. The highest BCUT2D eigenvalue weighted by molar-refractivity contribution is 7.89. The van der Waals surface area contributed by atoms with E-state index in [0.29, 0.717) is 30.3 Å². The minimum Gasteiger partial charge on any atom is -0.397 e. The van der Waals surface area contributed by atoms with Crippen molar-refractivity contribution >= 4 is 21.4 Å². The molecule has 1 aromatic carbocycles. The number of benzene rings is 1. The Morgan fingerprint density at radius 3 is 2.63 bits per heavy atom. The lowest BCUT2D eigenvalue weighted by Crippen LogP contribution is -2.19. The van der Waals surface area contributed by atoms with E-state index in [-0.39, 0.29) is 11.5 Å². The first kappa shape index (κ1) is 15.7. The van der Waals surface area contributed by atoms with E-state index in [4.69, 9.17) is 10.8 Å². The Bertz CT molecular complexity index is 517. The molecular weight excluding hydrogens is 266 g/mol. The number of hydrogen-bond donors (Lipinski definition) is 4. The minimum atomic E-state index is -3.47. The SMILES string of the molecule is CNS(=O)(=O)c1ccc(NCC(C)CCO)c(N)c1. The first-order valence-electron chi connectivity index (χ1n) is 6.08. The van der Waals surface area contributed by atoms with Crippen molar-refractivity contribution in [1.29, 1.82) is 0 Å². The van der Waals surface area contributed by atoms with Crippen molar-refractivity contribution in [2.24, 2.45) is 5.92 Å². The van der Waals surface area contributed by atoms with Gasteiger partial charge in [-0.25, -0.2) is 13.1 Å². The molecule has 0 heterocycles. The van der Waals surface area contributed by atoms with E-state index in [1.54, 1.807) is 6.07 Å². The summed E-state index contributed by atoms with van der Waals surface area (Å²) in [6, 6.07) is 4.57. The first-order chi connectivity index (χ1) is 8.90. The number of nitrogens with two attached hydrogens (primary N) is 1. The predicted molar refractivity (Wildman–Crippen MR) is 76.5 cm³/mol. The molecule has 108 valence electrons. The van der Waals surface area contributed by atoms with Gasteiger partial charge in [0.2, 0.25) is 10.0 Å². The molecule has 19 heavy (non-hydrogen) atoms. The Morgan fingerprint density at radius 2 is 2.11 bits per heavy atom. The van der Waals surface area contributed by atoms with Crippen molar-refractivity contribution in [2.45, 2.75) is 18.2 Å². The molecule has 6 nitrogen and oxygen atoms in total. The molecule has 0 saturated carbocycles. The van der Waals surface area contributed by atoms with E-state index in [9.17, 15) is 8.42 Å². The van der Waals surface area contributed by atoms with Gasteiger partial charge < -0.3 is 16.2 Å². The average Bonchev–Trinajstić information content (AvgIpc) is 2.37. The third-order valence-corrected chi connectivity index (χ3v) is 4.28. The molecule has 5 N–H and O–H groups in total. The van der Waals surface area contributed by atoms with Crippen LogP contribution in [-0.4, -0.2) is 33.7 Å². The van der Waals surface area contributed by atoms with Crippen LogP contribution in [0.5, 0.6) is 0 Å². The standard InChI is InChI=1S/C12H21N3O3S/c1-9(5-6-16)8-15-12-4-3-10(7-11(12)13)19(17,18)14-2/h3-4,7,9,14-16H,5-6,8,13H2,1-2H3. The van der Waals surface area contributed by atoms with Crippen LogP contribution in [0, 0.1) is 5.92 Å². The quantitative estimate of drug-likeness (QED) is 0.550. The third-order valence-electron chi connectivity index (χ3n) is 2.86. The summed E-state index contributed by atoms with van der Waals surface area (Å²) in [5.74, 6) is 0.310. The maximum absolute atomic E-state index is 11.6. The van der Waals surface area contributed by atoms with Crippen molar-refractivity contribution in [3.8, 4) is 0 Å². The molecule has 0 aliphatic carbocycles. The molecule has 0 radical (unpaired) electrons. The Kier molecular flexibility index (Phi) is 5.59. The average molecular weight is 287 g/mol. The highest BCUT2D eigenvalue weighted by Gasteiger charge is 2.13. The van der Waals surface area contributed by atoms with E-state index in [1.807, 2.05) is 6.92 Å². The molecule has 1 rings (SSSR count). The summed E-state index contributed by atoms with van der Waals surface area (Å²) in [6.07, 6.45) is 0.707. The molecule has 1 atom stereocenters. The highest BCUT2D eigenvalue weighted by Crippen LogP contribution is 2.22. The van der Waals surface area contributed by atoms with E-state index in [2.05, 4.69) is 10.0 Å². The molecule has 0 aliphatic rings. The van der Waals surface area contributed by atoms with Gasteiger partial charge >= 0.3 is 0 Å². The third kappa shape index (κ3) is 4.38. The number of aliphatic hydroxyl groups excluding tert-OH is 1. The van der Waals surface area contributed by atoms with Gasteiger partial charge in [0.1, 0.15) is 0 Å². The van der Waals surface area contributed by atoms with Gasteiger partial charge in [-0.05, 0) is 37.6 Å². The van der Waals surface area contributed by atoms with Gasteiger partial charge in [0, 0.05) is 13.2 Å². The maximum atomic E-state index is 11.6. The Balaban J connectivity index is 2.78. The van der Waals surface area contributed by atoms with Gasteiger partial charge in [0.25, 0.3) is 0 Å². The zero-order chi connectivity index (χ0) is 14.5. The van der Waals surface area contributed by atoms with Crippen LogP contribution in [0.2, 0.25) is 0 Å². The Hall–Kier alpha value is -1.31. The van der Waals surface area contributed by atoms with Gasteiger partial charge in [-0.2, -0.15) is 0 Å². The fourth-order valence-electron chi connectivity index (χ4n) is 1.59. The molecule has 0 bridgehead atoms. The summed E-state index contributed by atoms with van der Waals surface area (Å²) in [5.41, 5.74) is 6.91. The molecule has 1 aromatic rings. The Labute approximate surface area is 114 Å². The van der Waals surface area contributed by atoms with Crippen LogP contribution >= 0.6 is 0 Å². The lowest BCUT2D eigenvalue weighted by molar-refractivity contribution is 0.266. The fraction of sp³-hybridized carbons (Fsp3) is 0.500. The monoisotopic (exact) mass is 287 g/mol. The molecule has 0 saturated heterocycles. The summed E-state index contributed by atoms with van der Waals surface area (Å²) < 4.78 is 25.4. The van der Waals surface area contributed by atoms with Crippen LogP contribution in [0.1, 0.15) is 13.3 Å². The molecule has 0 fully saturated rings. The number of sulfonamides is 1. The summed E-state index contributed by atoms with van der Waals surface area (Å²) in [4.78, 5) is 0.140. The van der Waals surface area contributed by atoms with Gasteiger partial charge in [-0.15, -0.1) is 0 Å². The van der Waals surface area contributed by atoms with Crippen LogP contribution in [0.15, 0.2) is 23.1 Å². The van der Waals surface area contributed by atoms with Crippen molar-refractivity contribution in [3.63, 3.8) is 0 Å². The van der Waals surface area contributed by atoms with Crippen LogP contribution in [0.25, 0.3) is 0 Å². The number of nitrogens with one attached hydrogen (secondary N) is 2. The van der Waals surface area contributed by atoms with E-state index in [0.717, 1.165) is 0 Å². The van der Waals surface area contributed by atoms with Crippen molar-refractivity contribution in [2.75, 3.05) is 31.2 Å². The topological polar surface area (TPSA) is 104 Å². The molecule has 0 spiro atoms. The van der Waals surface area contributed by atoms with Gasteiger partial charge in [-0.1, -0.05) is 6.92 Å². The number of aliphatic hydroxyl groups is 1.